The second-order valence-corrected chi connectivity index (χ2v) is 19.3. The van der Waals surface area contributed by atoms with Gasteiger partial charge in [-0.1, -0.05) is 179 Å². The van der Waals surface area contributed by atoms with Crippen molar-refractivity contribution in [2.75, 3.05) is 0 Å². The molecule has 0 radical (unpaired) electrons. The molecule has 51 heavy (non-hydrogen) atoms. The van der Waals surface area contributed by atoms with Crippen molar-refractivity contribution in [2.45, 2.75) is 76.1 Å². The molecule has 1 saturated carbocycles. The molecule has 260 valence electrons. The number of hydrogen-bond donors (Lipinski definition) is 0. The summed E-state index contributed by atoms with van der Waals surface area (Å²) in [6.07, 6.45) is 2.87. The van der Waals surface area contributed by atoms with Crippen LogP contribution in [0.4, 0.5) is 4.79 Å². The molecule has 1 saturated heterocycles. The van der Waals surface area contributed by atoms with Crippen LogP contribution in [0.25, 0.3) is 0 Å². The molecule has 1 aliphatic heterocycles. The van der Waals surface area contributed by atoms with E-state index in [-0.39, 0.29) is 42.2 Å². The summed E-state index contributed by atoms with van der Waals surface area (Å²) in [7, 11) is -3.15. The lowest BCUT2D eigenvalue weighted by Gasteiger charge is -2.51. The van der Waals surface area contributed by atoms with Crippen LogP contribution in [0.15, 0.2) is 152 Å². The monoisotopic (exact) mass is 691 g/mol. The first-order chi connectivity index (χ1) is 24.8. The van der Waals surface area contributed by atoms with E-state index >= 15 is 4.79 Å². The minimum Gasteiger partial charge on any atom is -0.446 e. The lowest BCUT2D eigenvalue weighted by atomic mass is 9.64. The number of ether oxygens (including phenoxy) is 1. The van der Waals surface area contributed by atoms with Crippen molar-refractivity contribution < 1.29 is 14.3 Å². The number of carbonyl (C=O) groups excluding carboxylic acids is 2. The van der Waals surface area contributed by atoms with E-state index in [9.17, 15) is 4.79 Å². The third kappa shape index (κ3) is 6.72. The van der Waals surface area contributed by atoms with Crippen LogP contribution in [0, 0.1) is 11.8 Å². The molecule has 2 fully saturated rings. The molecule has 7 rings (SSSR count). The maximum absolute atomic E-state index is 15.4. The van der Waals surface area contributed by atoms with Crippen molar-refractivity contribution in [1.29, 1.82) is 0 Å². The summed E-state index contributed by atoms with van der Waals surface area (Å²) in [5.74, 6) is 0.770. The van der Waals surface area contributed by atoms with Crippen LogP contribution in [0.2, 0.25) is 0 Å². The molecule has 0 N–H and O–H groups in total. The SMILES string of the molecule is C[C@@H]1CC[C@@H](C(C)(C)c2ccccc2)[C@H](OC(=O)N2[C@H](c3ccccc3)CC(=O)C[C@@H]2[Si](c2ccccc2)(c2ccccc2)c2ccccc2)C1. The first-order valence-electron chi connectivity index (χ1n) is 18.6. The second kappa shape index (κ2) is 14.9. The Morgan fingerprint density at radius 3 is 1.65 bits per heavy atom. The van der Waals surface area contributed by atoms with Gasteiger partial charge in [-0.3, -0.25) is 9.69 Å². The molecular formula is C46H49NO3Si. The number of hydrogen-bond acceptors (Lipinski definition) is 3. The van der Waals surface area contributed by atoms with Gasteiger partial charge in [0, 0.05) is 24.4 Å². The zero-order chi connectivity index (χ0) is 35.4. The Bertz CT molecular complexity index is 1800. The third-order valence-electron chi connectivity index (χ3n) is 11.8. The summed E-state index contributed by atoms with van der Waals surface area (Å²) in [5.41, 5.74) is 1.60. The topological polar surface area (TPSA) is 46.6 Å². The molecule has 0 bridgehead atoms. The van der Waals surface area contributed by atoms with Gasteiger partial charge in [-0.15, -0.1) is 0 Å². The molecular weight excluding hydrogens is 643 g/mol. The van der Waals surface area contributed by atoms with Crippen molar-refractivity contribution in [3.63, 3.8) is 0 Å². The summed E-state index contributed by atoms with van der Waals surface area (Å²) in [6.45, 7) is 6.88. The van der Waals surface area contributed by atoms with Crippen molar-refractivity contribution in [1.82, 2.24) is 4.90 Å². The Labute approximate surface area is 304 Å². The number of carbonyl (C=O) groups is 2. The Hall–Kier alpha value is -4.74. The van der Waals surface area contributed by atoms with Gasteiger partial charge in [-0.05, 0) is 50.9 Å². The van der Waals surface area contributed by atoms with Gasteiger partial charge in [0.05, 0.1) is 6.04 Å². The fourth-order valence-corrected chi connectivity index (χ4v) is 14.8. The van der Waals surface area contributed by atoms with E-state index in [0.717, 1.165) is 24.8 Å². The number of rotatable bonds is 8. The maximum Gasteiger partial charge on any atom is 0.410 e. The van der Waals surface area contributed by atoms with Crippen LogP contribution >= 0.6 is 0 Å². The smallest absolute Gasteiger partial charge is 0.410 e. The van der Waals surface area contributed by atoms with E-state index in [1.54, 1.807) is 0 Å². The lowest BCUT2D eigenvalue weighted by molar-refractivity contribution is -0.124. The molecule has 5 heteroatoms. The number of nitrogens with zero attached hydrogens (tertiary/aromatic N) is 1. The van der Waals surface area contributed by atoms with Gasteiger partial charge in [0.2, 0.25) is 0 Å². The van der Waals surface area contributed by atoms with Gasteiger partial charge in [-0.25, -0.2) is 4.79 Å². The van der Waals surface area contributed by atoms with Crippen molar-refractivity contribution in [3.8, 4) is 0 Å². The largest absolute Gasteiger partial charge is 0.446 e. The fraction of sp³-hybridized carbons (Fsp3) is 0.304. The van der Waals surface area contributed by atoms with Crippen molar-refractivity contribution >= 4 is 35.5 Å². The number of amides is 1. The van der Waals surface area contributed by atoms with Gasteiger partial charge in [0.15, 0.2) is 8.07 Å². The van der Waals surface area contributed by atoms with Crippen LogP contribution in [-0.4, -0.2) is 36.6 Å². The minimum atomic E-state index is -3.15. The van der Waals surface area contributed by atoms with Crippen LogP contribution in [0.1, 0.15) is 70.0 Å². The Morgan fingerprint density at radius 2 is 1.14 bits per heavy atom. The summed E-state index contributed by atoms with van der Waals surface area (Å²) >= 11 is 0. The molecule has 0 aromatic heterocycles. The highest BCUT2D eigenvalue weighted by Gasteiger charge is 2.55. The van der Waals surface area contributed by atoms with Crippen LogP contribution in [-0.2, 0) is 14.9 Å². The van der Waals surface area contributed by atoms with E-state index < -0.39 is 19.8 Å². The van der Waals surface area contributed by atoms with Crippen molar-refractivity contribution in [2.24, 2.45) is 11.8 Å². The van der Waals surface area contributed by atoms with E-state index in [4.69, 9.17) is 4.74 Å². The van der Waals surface area contributed by atoms with Gasteiger partial charge >= 0.3 is 6.09 Å². The normalized spacial score (nSPS) is 22.7. The van der Waals surface area contributed by atoms with E-state index in [2.05, 4.69) is 136 Å². The molecule has 2 aliphatic rings. The van der Waals surface area contributed by atoms with Gasteiger partial charge in [-0.2, -0.15) is 0 Å². The summed E-state index contributed by atoms with van der Waals surface area (Å²) in [4.78, 5) is 31.7. The maximum atomic E-state index is 15.4. The number of ketones is 1. The number of piperidine rings is 1. The fourth-order valence-electron chi connectivity index (χ4n) is 9.24. The first kappa shape index (κ1) is 34.7. The average Bonchev–Trinajstić information content (AvgIpc) is 3.17. The van der Waals surface area contributed by atoms with Crippen LogP contribution in [0.3, 0.4) is 0 Å². The van der Waals surface area contributed by atoms with Gasteiger partial charge in [0.1, 0.15) is 11.9 Å². The third-order valence-corrected chi connectivity index (χ3v) is 17.1. The van der Waals surface area contributed by atoms with E-state index in [1.807, 2.05) is 41.3 Å². The summed E-state index contributed by atoms with van der Waals surface area (Å²) in [6, 6.07) is 52.2. The molecule has 1 heterocycles. The number of Topliss-reactive ketones (excluding diaryl/α,β-unsaturated/α-hetero) is 1. The van der Waals surface area contributed by atoms with Gasteiger partial charge in [0.25, 0.3) is 0 Å². The molecule has 5 atom stereocenters. The molecule has 0 spiro atoms. The zero-order valence-corrected chi connectivity index (χ0v) is 31.0. The Morgan fingerprint density at radius 1 is 0.667 bits per heavy atom. The predicted molar refractivity (Wildman–Crippen MR) is 209 cm³/mol. The highest BCUT2D eigenvalue weighted by Crippen LogP contribution is 2.45. The Balaban J connectivity index is 1.41. The molecule has 1 aliphatic carbocycles. The first-order valence-corrected chi connectivity index (χ1v) is 20.7. The second-order valence-electron chi connectivity index (χ2n) is 15.2. The zero-order valence-electron chi connectivity index (χ0n) is 30.0. The summed E-state index contributed by atoms with van der Waals surface area (Å²) in [5, 5.41) is 3.50. The minimum absolute atomic E-state index is 0.152. The molecule has 5 aromatic rings. The van der Waals surface area contributed by atoms with E-state index in [1.165, 1.54) is 21.1 Å². The quantitative estimate of drug-likeness (QED) is 0.121. The number of benzene rings is 5. The van der Waals surface area contributed by atoms with Crippen LogP contribution < -0.4 is 15.6 Å². The van der Waals surface area contributed by atoms with Crippen molar-refractivity contribution in [3.05, 3.63) is 163 Å². The van der Waals surface area contributed by atoms with Crippen LogP contribution in [0.5, 0.6) is 0 Å². The summed E-state index contributed by atoms with van der Waals surface area (Å²) < 4.78 is 6.94. The van der Waals surface area contributed by atoms with E-state index in [0.29, 0.717) is 5.92 Å². The highest BCUT2D eigenvalue weighted by molar-refractivity contribution is 7.12. The lowest BCUT2D eigenvalue weighted by Crippen LogP contribution is -2.79. The van der Waals surface area contributed by atoms with Gasteiger partial charge < -0.3 is 4.74 Å². The molecule has 0 unspecified atom stereocenters. The standard InChI is InChI=1S/C46H49NO3Si/c1-34-29-30-41(46(2,3)36-21-11-5-12-22-36)43(31-34)50-45(49)47-42(35-19-9-4-10-20-35)32-37(48)33-44(47)51(38-23-13-6-14-24-38,39-25-15-7-16-26-39)40-27-17-8-18-28-40/h4-28,34,41-44H,29-33H2,1-3H3/t34-,41-,42+,43-,44+/m1/s1. The highest BCUT2D eigenvalue weighted by atomic mass is 28.3. The predicted octanol–water partition coefficient (Wildman–Crippen LogP) is 8.39. The molecule has 4 nitrogen and oxygen atoms in total. The molecule has 1 amide bonds. The average molecular weight is 692 g/mol. The Kier molecular flexibility index (Phi) is 10.1. The molecule has 5 aromatic carbocycles. The number of likely N-dealkylation sites (tertiary alicyclic amines) is 1.